The van der Waals surface area contributed by atoms with E-state index in [0.717, 1.165) is 6.42 Å². The fourth-order valence-electron chi connectivity index (χ4n) is 0.914. The van der Waals surface area contributed by atoms with Crippen molar-refractivity contribution in [3.8, 4) is 0 Å². The summed E-state index contributed by atoms with van der Waals surface area (Å²) in [6.07, 6.45) is 1.30. The number of carbonyl (C=O) groups excluding carboxylic acids is 1. The van der Waals surface area contributed by atoms with Crippen LogP contribution in [0, 0.1) is 5.92 Å². The Bertz CT molecular complexity index is 223. The lowest BCUT2D eigenvalue weighted by atomic mass is 10.0. The second-order valence-corrected chi connectivity index (χ2v) is 4.20. The summed E-state index contributed by atoms with van der Waals surface area (Å²) in [6.45, 7) is 6.92. The number of carboxylic acid groups (broad SMARTS) is 1. The molecule has 0 aliphatic heterocycles. The van der Waals surface area contributed by atoms with Crippen molar-refractivity contribution in [2.75, 3.05) is 0 Å². The summed E-state index contributed by atoms with van der Waals surface area (Å²) in [5.41, 5.74) is -1.18. The number of rotatable bonds is 5. The summed E-state index contributed by atoms with van der Waals surface area (Å²) in [5, 5.41) is 11.2. The molecule has 0 aromatic rings. The number of carboxylic acids is 1. The number of carbonyl (C=O) groups is 2. The quantitative estimate of drug-likeness (QED) is 0.706. The molecule has 0 radical (unpaired) electrons. The van der Waals surface area contributed by atoms with E-state index in [1.54, 1.807) is 0 Å². The minimum absolute atomic E-state index is 0.202. The molecule has 0 bridgehead atoms. The molecule has 1 amide bonds. The molecule has 1 unspecified atom stereocenters. The van der Waals surface area contributed by atoms with Crippen molar-refractivity contribution in [3.05, 3.63) is 0 Å². The first-order valence-corrected chi connectivity index (χ1v) is 4.84. The maximum Gasteiger partial charge on any atom is 0.328 e. The first kappa shape index (κ1) is 12.9. The molecule has 14 heavy (non-hydrogen) atoms. The topological polar surface area (TPSA) is 66.4 Å². The zero-order valence-electron chi connectivity index (χ0n) is 9.26. The zero-order chi connectivity index (χ0) is 11.4. The van der Waals surface area contributed by atoms with Crippen molar-refractivity contribution < 1.29 is 14.7 Å². The molecule has 0 spiro atoms. The second-order valence-electron chi connectivity index (χ2n) is 4.20. The lowest BCUT2D eigenvalue weighted by Gasteiger charge is -2.21. The predicted molar refractivity (Wildman–Crippen MR) is 53.9 cm³/mol. The molecular weight excluding hydrogens is 182 g/mol. The SMILES string of the molecule is CCC(C)CC(=O)NC(C)(C)C(=O)O. The van der Waals surface area contributed by atoms with E-state index in [9.17, 15) is 9.59 Å². The van der Waals surface area contributed by atoms with Crippen LogP contribution < -0.4 is 5.32 Å². The minimum Gasteiger partial charge on any atom is -0.480 e. The van der Waals surface area contributed by atoms with Gasteiger partial charge < -0.3 is 10.4 Å². The normalized spacial score (nSPS) is 13.4. The molecule has 4 heteroatoms. The van der Waals surface area contributed by atoms with Gasteiger partial charge in [-0.3, -0.25) is 4.79 Å². The van der Waals surface area contributed by atoms with Gasteiger partial charge in [0.1, 0.15) is 5.54 Å². The van der Waals surface area contributed by atoms with Crippen LogP contribution >= 0.6 is 0 Å². The van der Waals surface area contributed by atoms with Gasteiger partial charge in [-0.1, -0.05) is 20.3 Å². The minimum atomic E-state index is -1.18. The van der Waals surface area contributed by atoms with E-state index in [1.807, 2.05) is 13.8 Å². The highest BCUT2D eigenvalue weighted by atomic mass is 16.4. The summed E-state index contributed by atoms with van der Waals surface area (Å²) in [4.78, 5) is 22.1. The third-order valence-corrected chi connectivity index (χ3v) is 2.22. The van der Waals surface area contributed by atoms with E-state index in [2.05, 4.69) is 5.32 Å². The number of hydrogen-bond acceptors (Lipinski definition) is 2. The highest BCUT2D eigenvalue weighted by Crippen LogP contribution is 2.08. The Hall–Kier alpha value is -1.06. The highest BCUT2D eigenvalue weighted by molar-refractivity contribution is 5.86. The molecule has 0 saturated heterocycles. The Kier molecular flexibility index (Phi) is 4.60. The van der Waals surface area contributed by atoms with Crippen LogP contribution in [0.1, 0.15) is 40.5 Å². The molecule has 4 nitrogen and oxygen atoms in total. The average Bonchev–Trinajstić information content (AvgIpc) is 2.02. The van der Waals surface area contributed by atoms with Gasteiger partial charge in [-0.05, 0) is 19.8 Å². The average molecular weight is 201 g/mol. The first-order chi connectivity index (χ1) is 6.29. The molecule has 2 N–H and O–H groups in total. The van der Waals surface area contributed by atoms with Gasteiger partial charge in [0.05, 0.1) is 0 Å². The van der Waals surface area contributed by atoms with Crippen molar-refractivity contribution in [2.24, 2.45) is 5.92 Å². The van der Waals surface area contributed by atoms with Crippen molar-refractivity contribution in [1.82, 2.24) is 5.32 Å². The van der Waals surface area contributed by atoms with Gasteiger partial charge in [-0.15, -0.1) is 0 Å². The smallest absolute Gasteiger partial charge is 0.328 e. The molecule has 0 aromatic heterocycles. The first-order valence-electron chi connectivity index (χ1n) is 4.84. The van der Waals surface area contributed by atoms with Crippen LogP contribution in [0.4, 0.5) is 0 Å². The number of amides is 1. The van der Waals surface area contributed by atoms with Gasteiger partial charge in [-0.25, -0.2) is 4.79 Å². The molecule has 0 aromatic carbocycles. The fraction of sp³-hybridized carbons (Fsp3) is 0.800. The predicted octanol–water partition coefficient (Wildman–Crippen LogP) is 1.40. The third kappa shape index (κ3) is 4.25. The van der Waals surface area contributed by atoms with Crippen LogP contribution in [-0.2, 0) is 9.59 Å². The number of aliphatic carboxylic acids is 1. The van der Waals surface area contributed by atoms with Gasteiger partial charge in [0.15, 0.2) is 0 Å². The van der Waals surface area contributed by atoms with Crippen LogP contribution in [0.25, 0.3) is 0 Å². The number of hydrogen-bond donors (Lipinski definition) is 2. The van der Waals surface area contributed by atoms with Crippen molar-refractivity contribution in [1.29, 1.82) is 0 Å². The van der Waals surface area contributed by atoms with Crippen LogP contribution in [0.2, 0.25) is 0 Å². The molecular formula is C10H19NO3. The van der Waals surface area contributed by atoms with E-state index in [4.69, 9.17) is 5.11 Å². The summed E-state index contributed by atoms with van der Waals surface area (Å²) in [5.74, 6) is -0.929. The summed E-state index contributed by atoms with van der Waals surface area (Å²) < 4.78 is 0. The molecule has 82 valence electrons. The third-order valence-electron chi connectivity index (χ3n) is 2.22. The molecule has 0 saturated carbocycles. The van der Waals surface area contributed by atoms with E-state index >= 15 is 0 Å². The summed E-state index contributed by atoms with van der Waals surface area (Å²) >= 11 is 0. The Morgan fingerprint density at radius 2 is 1.93 bits per heavy atom. The lowest BCUT2D eigenvalue weighted by Crippen LogP contribution is -2.49. The Morgan fingerprint density at radius 1 is 1.43 bits per heavy atom. The molecule has 0 aliphatic carbocycles. The van der Waals surface area contributed by atoms with Gasteiger partial charge in [-0.2, -0.15) is 0 Å². The largest absolute Gasteiger partial charge is 0.480 e. The maximum absolute atomic E-state index is 11.4. The molecule has 0 rings (SSSR count). The van der Waals surface area contributed by atoms with Crippen molar-refractivity contribution in [2.45, 2.75) is 46.1 Å². The van der Waals surface area contributed by atoms with Gasteiger partial charge in [0.25, 0.3) is 0 Å². The van der Waals surface area contributed by atoms with Crippen molar-refractivity contribution >= 4 is 11.9 Å². The standard InChI is InChI=1S/C10H19NO3/c1-5-7(2)6-8(12)11-10(3,4)9(13)14/h7H,5-6H2,1-4H3,(H,11,12)(H,13,14). The van der Waals surface area contributed by atoms with Crippen LogP contribution in [0.3, 0.4) is 0 Å². The molecule has 1 atom stereocenters. The van der Waals surface area contributed by atoms with E-state index < -0.39 is 11.5 Å². The van der Waals surface area contributed by atoms with Crippen LogP contribution in [0.15, 0.2) is 0 Å². The molecule has 0 fully saturated rings. The molecule has 0 aliphatic rings. The van der Waals surface area contributed by atoms with E-state index in [-0.39, 0.29) is 5.91 Å². The zero-order valence-corrected chi connectivity index (χ0v) is 9.26. The Morgan fingerprint density at radius 3 is 2.29 bits per heavy atom. The van der Waals surface area contributed by atoms with Crippen LogP contribution in [0.5, 0.6) is 0 Å². The Labute approximate surface area is 84.7 Å². The van der Waals surface area contributed by atoms with E-state index in [1.165, 1.54) is 13.8 Å². The highest BCUT2D eigenvalue weighted by Gasteiger charge is 2.28. The number of nitrogens with one attached hydrogen (secondary N) is 1. The Balaban J connectivity index is 4.12. The van der Waals surface area contributed by atoms with Crippen molar-refractivity contribution in [3.63, 3.8) is 0 Å². The summed E-state index contributed by atoms with van der Waals surface area (Å²) in [6, 6.07) is 0. The fourth-order valence-corrected chi connectivity index (χ4v) is 0.914. The monoisotopic (exact) mass is 201 g/mol. The van der Waals surface area contributed by atoms with Gasteiger partial charge >= 0.3 is 5.97 Å². The lowest BCUT2D eigenvalue weighted by molar-refractivity contribution is -0.146. The van der Waals surface area contributed by atoms with E-state index in [0.29, 0.717) is 12.3 Å². The van der Waals surface area contributed by atoms with Crippen LogP contribution in [-0.4, -0.2) is 22.5 Å². The van der Waals surface area contributed by atoms with Gasteiger partial charge in [0.2, 0.25) is 5.91 Å². The maximum atomic E-state index is 11.4. The molecule has 0 heterocycles. The van der Waals surface area contributed by atoms with Gasteiger partial charge in [0, 0.05) is 6.42 Å². The summed E-state index contributed by atoms with van der Waals surface area (Å²) in [7, 11) is 0. The second kappa shape index (κ2) is 4.98.